The zero-order valence-corrected chi connectivity index (χ0v) is 13.7. The van der Waals surface area contributed by atoms with E-state index in [0.717, 1.165) is 13.1 Å². The predicted molar refractivity (Wildman–Crippen MR) is 87.5 cm³/mol. The summed E-state index contributed by atoms with van der Waals surface area (Å²) in [6, 6.07) is 9.27. The summed E-state index contributed by atoms with van der Waals surface area (Å²) in [5.41, 5.74) is 2.47. The van der Waals surface area contributed by atoms with E-state index in [1.54, 1.807) is 11.8 Å². The second-order valence-corrected chi connectivity index (χ2v) is 6.25. The van der Waals surface area contributed by atoms with Gasteiger partial charge in [-0.3, -0.25) is 4.79 Å². The minimum absolute atomic E-state index is 0.101. The number of anilines is 1. The van der Waals surface area contributed by atoms with Crippen molar-refractivity contribution in [2.75, 3.05) is 39.1 Å². The van der Waals surface area contributed by atoms with Gasteiger partial charge in [-0.05, 0) is 44.6 Å². The van der Waals surface area contributed by atoms with Crippen LogP contribution in [0.1, 0.15) is 25.3 Å². The fraction of sp³-hybridized carbons (Fsp3) is 0.588. The molecule has 2 rings (SSSR count). The molecule has 0 aromatic heterocycles. The minimum Gasteiger partial charge on any atom is -0.370 e. The summed E-state index contributed by atoms with van der Waals surface area (Å²) in [5.74, 6) is 0.101. The number of carbonyl (C=O) groups excluding carboxylic acids is 1. The molecular formula is C17H27N3O. The van der Waals surface area contributed by atoms with Crippen molar-refractivity contribution in [2.24, 2.45) is 0 Å². The number of hydrogen-bond acceptors (Lipinski definition) is 3. The Morgan fingerprint density at radius 1 is 1.24 bits per heavy atom. The van der Waals surface area contributed by atoms with Crippen LogP contribution in [0.5, 0.6) is 0 Å². The fourth-order valence-corrected chi connectivity index (χ4v) is 2.81. The van der Waals surface area contributed by atoms with E-state index in [0.29, 0.717) is 12.6 Å². The molecule has 0 N–H and O–H groups in total. The summed E-state index contributed by atoms with van der Waals surface area (Å²) in [6.07, 6.45) is 2.53. The van der Waals surface area contributed by atoms with Crippen LogP contribution < -0.4 is 4.90 Å². The average molecular weight is 289 g/mol. The first-order valence-corrected chi connectivity index (χ1v) is 7.69. The van der Waals surface area contributed by atoms with Gasteiger partial charge in [-0.2, -0.15) is 0 Å². The standard InChI is InChI=1S/C17H27N3O/c1-14(21)19(4)12-15-7-9-16(10-8-15)20-11-5-6-17(13-20)18(2)3/h7-10,17H,5-6,11-13H2,1-4H3. The monoisotopic (exact) mass is 289 g/mol. The van der Waals surface area contributed by atoms with Gasteiger partial charge in [0.2, 0.25) is 5.91 Å². The normalized spacial score (nSPS) is 18.9. The van der Waals surface area contributed by atoms with Crippen molar-refractivity contribution in [3.63, 3.8) is 0 Å². The van der Waals surface area contributed by atoms with Gasteiger partial charge in [0, 0.05) is 45.3 Å². The number of carbonyl (C=O) groups is 1. The van der Waals surface area contributed by atoms with Crippen LogP contribution in [0.2, 0.25) is 0 Å². The van der Waals surface area contributed by atoms with E-state index in [1.807, 2.05) is 7.05 Å². The molecule has 1 fully saturated rings. The second kappa shape index (κ2) is 6.94. The van der Waals surface area contributed by atoms with E-state index in [1.165, 1.54) is 24.1 Å². The predicted octanol–water partition coefficient (Wildman–Crippen LogP) is 2.20. The Labute approximate surface area is 128 Å². The Bertz CT molecular complexity index is 469. The van der Waals surface area contributed by atoms with Gasteiger partial charge < -0.3 is 14.7 Å². The first-order chi connectivity index (χ1) is 9.97. The summed E-state index contributed by atoms with van der Waals surface area (Å²) in [7, 11) is 6.16. The second-order valence-electron chi connectivity index (χ2n) is 6.25. The van der Waals surface area contributed by atoms with Crippen molar-refractivity contribution in [1.82, 2.24) is 9.80 Å². The highest BCUT2D eigenvalue weighted by Gasteiger charge is 2.21. The molecule has 1 saturated heterocycles. The molecule has 1 aliphatic heterocycles. The molecule has 0 aliphatic carbocycles. The third-order valence-corrected chi connectivity index (χ3v) is 4.39. The largest absolute Gasteiger partial charge is 0.370 e. The van der Waals surface area contributed by atoms with Crippen molar-refractivity contribution in [3.8, 4) is 0 Å². The van der Waals surface area contributed by atoms with Crippen LogP contribution in [0, 0.1) is 0 Å². The Morgan fingerprint density at radius 3 is 2.48 bits per heavy atom. The van der Waals surface area contributed by atoms with E-state index >= 15 is 0 Å². The van der Waals surface area contributed by atoms with Crippen molar-refractivity contribution in [3.05, 3.63) is 29.8 Å². The third-order valence-electron chi connectivity index (χ3n) is 4.39. The van der Waals surface area contributed by atoms with Gasteiger partial charge >= 0.3 is 0 Å². The lowest BCUT2D eigenvalue weighted by molar-refractivity contribution is -0.128. The smallest absolute Gasteiger partial charge is 0.219 e. The Kier molecular flexibility index (Phi) is 5.23. The zero-order valence-electron chi connectivity index (χ0n) is 13.7. The van der Waals surface area contributed by atoms with Gasteiger partial charge in [-0.15, -0.1) is 0 Å². The molecule has 1 aromatic carbocycles. The van der Waals surface area contributed by atoms with Crippen LogP contribution in [-0.2, 0) is 11.3 Å². The van der Waals surface area contributed by atoms with Crippen LogP contribution in [0.4, 0.5) is 5.69 Å². The molecule has 1 atom stereocenters. The molecule has 0 saturated carbocycles. The highest BCUT2D eigenvalue weighted by molar-refractivity contribution is 5.72. The van der Waals surface area contributed by atoms with Crippen LogP contribution in [0.3, 0.4) is 0 Å². The minimum atomic E-state index is 0.101. The Morgan fingerprint density at radius 2 is 1.90 bits per heavy atom. The van der Waals surface area contributed by atoms with E-state index in [9.17, 15) is 4.79 Å². The topological polar surface area (TPSA) is 26.8 Å². The first kappa shape index (κ1) is 15.8. The van der Waals surface area contributed by atoms with Crippen LogP contribution in [-0.4, -0.2) is 56.0 Å². The molecule has 21 heavy (non-hydrogen) atoms. The summed E-state index contributed by atoms with van der Waals surface area (Å²) >= 11 is 0. The SMILES string of the molecule is CC(=O)N(C)Cc1ccc(N2CCCC(N(C)C)C2)cc1. The molecule has 1 unspecified atom stereocenters. The van der Waals surface area contributed by atoms with Gasteiger partial charge in [0.05, 0.1) is 0 Å². The molecule has 0 bridgehead atoms. The summed E-state index contributed by atoms with van der Waals surface area (Å²) in [4.78, 5) is 17.8. The van der Waals surface area contributed by atoms with Crippen molar-refractivity contribution in [1.29, 1.82) is 0 Å². The quantitative estimate of drug-likeness (QED) is 0.850. The molecule has 1 heterocycles. The maximum atomic E-state index is 11.3. The van der Waals surface area contributed by atoms with Gasteiger partial charge in [0.1, 0.15) is 0 Å². The number of likely N-dealkylation sites (N-methyl/N-ethyl adjacent to an activating group) is 1. The molecule has 116 valence electrons. The highest BCUT2D eigenvalue weighted by Crippen LogP contribution is 2.22. The lowest BCUT2D eigenvalue weighted by Gasteiger charge is -2.37. The molecule has 0 radical (unpaired) electrons. The van der Waals surface area contributed by atoms with Crippen molar-refractivity contribution >= 4 is 11.6 Å². The van der Waals surface area contributed by atoms with Crippen molar-refractivity contribution < 1.29 is 4.79 Å². The van der Waals surface area contributed by atoms with Gasteiger partial charge in [-0.25, -0.2) is 0 Å². The molecule has 4 heteroatoms. The number of benzene rings is 1. The van der Waals surface area contributed by atoms with Gasteiger partial charge in [-0.1, -0.05) is 12.1 Å². The van der Waals surface area contributed by atoms with E-state index in [2.05, 4.69) is 48.2 Å². The lowest BCUT2D eigenvalue weighted by Crippen LogP contribution is -2.45. The first-order valence-electron chi connectivity index (χ1n) is 7.69. The van der Waals surface area contributed by atoms with E-state index in [-0.39, 0.29) is 5.91 Å². The maximum Gasteiger partial charge on any atom is 0.219 e. The van der Waals surface area contributed by atoms with Gasteiger partial charge in [0.15, 0.2) is 0 Å². The number of amides is 1. The van der Waals surface area contributed by atoms with Crippen molar-refractivity contribution in [2.45, 2.75) is 32.4 Å². The lowest BCUT2D eigenvalue weighted by atomic mass is 10.0. The fourth-order valence-electron chi connectivity index (χ4n) is 2.81. The summed E-state index contributed by atoms with van der Waals surface area (Å²) < 4.78 is 0. The molecule has 4 nitrogen and oxygen atoms in total. The van der Waals surface area contributed by atoms with Crippen LogP contribution >= 0.6 is 0 Å². The Hall–Kier alpha value is -1.55. The highest BCUT2D eigenvalue weighted by atomic mass is 16.2. The van der Waals surface area contributed by atoms with E-state index in [4.69, 9.17) is 0 Å². The molecule has 1 aromatic rings. The summed E-state index contributed by atoms with van der Waals surface area (Å²) in [5, 5.41) is 0. The number of rotatable bonds is 4. The van der Waals surface area contributed by atoms with Crippen LogP contribution in [0.25, 0.3) is 0 Å². The zero-order chi connectivity index (χ0) is 15.4. The molecule has 0 spiro atoms. The molecule has 1 aliphatic rings. The third kappa shape index (κ3) is 4.21. The molecular weight excluding hydrogens is 262 g/mol. The molecule has 1 amide bonds. The van der Waals surface area contributed by atoms with Gasteiger partial charge in [0.25, 0.3) is 0 Å². The number of hydrogen-bond donors (Lipinski definition) is 0. The average Bonchev–Trinajstić information content (AvgIpc) is 2.48. The maximum absolute atomic E-state index is 11.3. The van der Waals surface area contributed by atoms with E-state index < -0.39 is 0 Å². The van der Waals surface area contributed by atoms with Crippen LogP contribution in [0.15, 0.2) is 24.3 Å². The summed E-state index contributed by atoms with van der Waals surface area (Å²) in [6.45, 7) is 4.51. The number of piperidine rings is 1. The number of nitrogens with zero attached hydrogens (tertiary/aromatic N) is 3. The Balaban J connectivity index is 2.00.